The molecule has 0 aromatic carbocycles. The van der Waals surface area contributed by atoms with Crippen molar-refractivity contribution in [3.05, 3.63) is 0 Å². The Hall–Kier alpha value is -0.0800. The average molecular weight is 210 g/mol. The molecule has 0 bridgehead atoms. The minimum absolute atomic E-state index is 0.384. The Kier molecular flexibility index (Phi) is 3.68. The molecule has 0 radical (unpaired) electrons. The molecule has 2 aliphatic rings. The monoisotopic (exact) mass is 210 g/mol. The first-order valence-electron chi connectivity index (χ1n) is 6.70. The van der Waals surface area contributed by atoms with Crippen molar-refractivity contribution in [3.63, 3.8) is 0 Å². The molecule has 2 fully saturated rings. The predicted octanol–water partition coefficient (Wildman–Crippen LogP) is 2.23. The van der Waals surface area contributed by atoms with Crippen LogP contribution in [0.1, 0.15) is 46.0 Å². The Labute approximate surface area is 94.2 Å². The van der Waals surface area contributed by atoms with E-state index in [0.29, 0.717) is 12.0 Å². The van der Waals surface area contributed by atoms with Gasteiger partial charge in [-0.3, -0.25) is 4.90 Å². The van der Waals surface area contributed by atoms with Crippen molar-refractivity contribution < 1.29 is 0 Å². The summed E-state index contributed by atoms with van der Waals surface area (Å²) in [5.41, 5.74) is 6.25. The summed E-state index contributed by atoms with van der Waals surface area (Å²) in [6.45, 7) is 6.99. The second kappa shape index (κ2) is 4.84. The molecule has 88 valence electrons. The first kappa shape index (κ1) is 11.4. The van der Waals surface area contributed by atoms with Crippen LogP contribution in [0.25, 0.3) is 0 Å². The average Bonchev–Trinajstić information content (AvgIpc) is 3.05. The van der Waals surface area contributed by atoms with Crippen LogP contribution in [0.4, 0.5) is 0 Å². The van der Waals surface area contributed by atoms with E-state index < -0.39 is 0 Å². The quantitative estimate of drug-likeness (QED) is 0.698. The van der Waals surface area contributed by atoms with Crippen molar-refractivity contribution >= 4 is 0 Å². The van der Waals surface area contributed by atoms with E-state index in [1.807, 2.05) is 0 Å². The van der Waals surface area contributed by atoms with Gasteiger partial charge in [-0.25, -0.2) is 0 Å². The lowest BCUT2D eigenvalue weighted by atomic mass is 9.99. The summed E-state index contributed by atoms with van der Waals surface area (Å²) in [7, 11) is 0. The molecule has 2 atom stereocenters. The fourth-order valence-electron chi connectivity index (χ4n) is 2.20. The highest BCUT2D eigenvalue weighted by Gasteiger charge is 2.34. The van der Waals surface area contributed by atoms with Crippen LogP contribution in [0.5, 0.6) is 0 Å². The lowest BCUT2D eigenvalue weighted by molar-refractivity contribution is 0.215. The summed E-state index contributed by atoms with van der Waals surface area (Å²) < 4.78 is 0. The van der Waals surface area contributed by atoms with E-state index in [2.05, 4.69) is 18.7 Å². The van der Waals surface area contributed by atoms with Crippen LogP contribution in [-0.2, 0) is 0 Å². The normalized spacial score (nSPS) is 25.6. The maximum Gasteiger partial charge on any atom is 0.0193 e. The van der Waals surface area contributed by atoms with Gasteiger partial charge in [0.15, 0.2) is 0 Å². The number of nitrogens with zero attached hydrogens (tertiary/aromatic N) is 1. The van der Waals surface area contributed by atoms with Gasteiger partial charge in [0.1, 0.15) is 0 Å². The Morgan fingerprint density at radius 2 is 1.93 bits per heavy atom. The Bertz CT molecular complexity index is 197. The molecule has 2 heteroatoms. The summed E-state index contributed by atoms with van der Waals surface area (Å²) >= 11 is 0. The smallest absolute Gasteiger partial charge is 0.0193 e. The van der Waals surface area contributed by atoms with Crippen molar-refractivity contribution in [2.45, 2.75) is 58.0 Å². The SMILES string of the molecule is CCC(C)C(N)CN(CC1CC1)C1CC1. The zero-order valence-electron chi connectivity index (χ0n) is 10.3. The molecular formula is C13H26N2. The maximum atomic E-state index is 6.25. The minimum Gasteiger partial charge on any atom is -0.326 e. The number of rotatable bonds is 7. The van der Waals surface area contributed by atoms with Gasteiger partial charge in [0.25, 0.3) is 0 Å². The molecule has 2 aliphatic carbocycles. The van der Waals surface area contributed by atoms with Crippen LogP contribution in [-0.4, -0.2) is 30.1 Å². The van der Waals surface area contributed by atoms with Crippen LogP contribution < -0.4 is 5.73 Å². The highest BCUT2D eigenvalue weighted by Crippen LogP contribution is 2.35. The van der Waals surface area contributed by atoms with E-state index in [-0.39, 0.29) is 0 Å². The van der Waals surface area contributed by atoms with Crippen molar-refractivity contribution in [2.75, 3.05) is 13.1 Å². The second-order valence-electron chi connectivity index (χ2n) is 5.68. The van der Waals surface area contributed by atoms with Gasteiger partial charge < -0.3 is 5.73 Å². The molecule has 0 aromatic rings. The Morgan fingerprint density at radius 3 is 2.40 bits per heavy atom. The van der Waals surface area contributed by atoms with Crippen molar-refractivity contribution in [2.24, 2.45) is 17.6 Å². The molecule has 0 amide bonds. The van der Waals surface area contributed by atoms with Crippen molar-refractivity contribution in [3.8, 4) is 0 Å². The lowest BCUT2D eigenvalue weighted by Gasteiger charge is -2.28. The zero-order chi connectivity index (χ0) is 10.8. The summed E-state index contributed by atoms with van der Waals surface area (Å²) in [5, 5.41) is 0. The van der Waals surface area contributed by atoms with E-state index in [9.17, 15) is 0 Å². The van der Waals surface area contributed by atoms with E-state index >= 15 is 0 Å². The zero-order valence-corrected chi connectivity index (χ0v) is 10.3. The van der Waals surface area contributed by atoms with Gasteiger partial charge in [-0.15, -0.1) is 0 Å². The van der Waals surface area contributed by atoms with E-state index in [1.165, 1.54) is 38.6 Å². The van der Waals surface area contributed by atoms with Gasteiger partial charge in [-0.2, -0.15) is 0 Å². The third-order valence-electron chi connectivity index (χ3n) is 4.07. The van der Waals surface area contributed by atoms with Crippen molar-refractivity contribution in [1.82, 2.24) is 4.90 Å². The summed E-state index contributed by atoms with van der Waals surface area (Å²) in [5.74, 6) is 1.68. The highest BCUT2D eigenvalue weighted by molar-refractivity contribution is 4.90. The van der Waals surface area contributed by atoms with Crippen LogP contribution in [0, 0.1) is 11.8 Å². The predicted molar refractivity (Wildman–Crippen MR) is 64.7 cm³/mol. The lowest BCUT2D eigenvalue weighted by Crippen LogP contribution is -2.43. The standard InChI is InChI=1S/C13H26N2/c1-3-10(2)13(14)9-15(12-6-7-12)8-11-4-5-11/h10-13H,3-9,14H2,1-2H3. The van der Waals surface area contributed by atoms with Crippen molar-refractivity contribution in [1.29, 1.82) is 0 Å². The first-order chi connectivity index (χ1) is 7.20. The van der Waals surface area contributed by atoms with Gasteiger partial charge in [0, 0.05) is 25.2 Å². The maximum absolute atomic E-state index is 6.25. The summed E-state index contributed by atoms with van der Waals surface area (Å²) in [6.07, 6.45) is 6.96. The molecule has 2 rings (SSSR count). The van der Waals surface area contributed by atoms with Gasteiger partial charge >= 0.3 is 0 Å². The molecule has 2 nitrogen and oxygen atoms in total. The Morgan fingerprint density at radius 1 is 1.27 bits per heavy atom. The third-order valence-corrected chi connectivity index (χ3v) is 4.07. The van der Waals surface area contributed by atoms with E-state index in [4.69, 9.17) is 5.73 Å². The molecule has 0 aromatic heterocycles. The first-order valence-corrected chi connectivity index (χ1v) is 6.70. The molecule has 0 aliphatic heterocycles. The number of hydrogen-bond acceptors (Lipinski definition) is 2. The molecular weight excluding hydrogens is 184 g/mol. The highest BCUT2D eigenvalue weighted by atomic mass is 15.2. The fraction of sp³-hybridized carbons (Fsp3) is 1.00. The fourth-order valence-corrected chi connectivity index (χ4v) is 2.20. The molecule has 2 N–H and O–H groups in total. The topological polar surface area (TPSA) is 29.3 Å². The number of nitrogens with two attached hydrogens (primary N) is 1. The Balaban J connectivity index is 1.76. The summed E-state index contributed by atoms with van der Waals surface area (Å²) in [6, 6.07) is 1.27. The van der Waals surface area contributed by atoms with Gasteiger partial charge in [0.2, 0.25) is 0 Å². The largest absolute Gasteiger partial charge is 0.326 e. The molecule has 0 spiro atoms. The van der Waals surface area contributed by atoms with Gasteiger partial charge in [0.05, 0.1) is 0 Å². The molecule has 2 saturated carbocycles. The molecule has 0 saturated heterocycles. The van der Waals surface area contributed by atoms with Crippen LogP contribution in [0.2, 0.25) is 0 Å². The number of hydrogen-bond donors (Lipinski definition) is 1. The molecule has 2 unspecified atom stereocenters. The van der Waals surface area contributed by atoms with E-state index in [0.717, 1.165) is 18.5 Å². The third kappa shape index (κ3) is 3.46. The van der Waals surface area contributed by atoms with E-state index in [1.54, 1.807) is 0 Å². The molecule has 15 heavy (non-hydrogen) atoms. The minimum atomic E-state index is 0.384. The van der Waals surface area contributed by atoms with Crippen LogP contribution in [0.3, 0.4) is 0 Å². The second-order valence-corrected chi connectivity index (χ2v) is 5.68. The van der Waals surface area contributed by atoms with Gasteiger partial charge in [-0.05, 0) is 37.5 Å². The molecule has 0 heterocycles. The summed E-state index contributed by atoms with van der Waals surface area (Å²) in [4.78, 5) is 2.68. The van der Waals surface area contributed by atoms with Crippen LogP contribution >= 0.6 is 0 Å². The van der Waals surface area contributed by atoms with Gasteiger partial charge in [-0.1, -0.05) is 20.3 Å². The van der Waals surface area contributed by atoms with Crippen LogP contribution in [0.15, 0.2) is 0 Å².